The van der Waals surface area contributed by atoms with Gasteiger partial charge < -0.3 is 0 Å². The topological polar surface area (TPSA) is 54.9 Å². The van der Waals surface area contributed by atoms with Crippen molar-refractivity contribution >= 4 is 66.4 Å². The highest BCUT2D eigenvalue weighted by molar-refractivity contribution is 7.22. The van der Waals surface area contributed by atoms with Gasteiger partial charge in [0.1, 0.15) is 0 Å². The molecule has 1 N–H and O–H groups in total. The monoisotopic (exact) mass is 435 g/mol. The predicted molar refractivity (Wildman–Crippen MR) is 122 cm³/mol. The Hall–Kier alpha value is -2.80. The summed E-state index contributed by atoms with van der Waals surface area (Å²) in [6.45, 7) is 2.04. The Kier molecular flexibility index (Phi) is 4.54. The summed E-state index contributed by atoms with van der Waals surface area (Å²) in [5, 5.41) is 4.34. The number of carbonyl (C=O) groups is 1. The van der Waals surface area contributed by atoms with Crippen LogP contribution in [0.25, 0.3) is 31.7 Å². The summed E-state index contributed by atoms with van der Waals surface area (Å²) in [5.74, 6) is -0.205. The van der Waals surface area contributed by atoms with E-state index in [0.29, 0.717) is 15.0 Å². The number of pyridine rings is 1. The fourth-order valence-electron chi connectivity index (χ4n) is 3.19. The van der Waals surface area contributed by atoms with Crippen LogP contribution in [0.15, 0.2) is 60.7 Å². The van der Waals surface area contributed by atoms with E-state index in [0.717, 1.165) is 31.7 Å². The highest BCUT2D eigenvalue weighted by Crippen LogP contribution is 2.33. The maximum Gasteiger partial charge on any atom is 0.258 e. The summed E-state index contributed by atoms with van der Waals surface area (Å²) < 4.78 is 1.74. The molecule has 2 aromatic carbocycles. The number of thiazole rings is 1. The minimum atomic E-state index is -0.205. The van der Waals surface area contributed by atoms with E-state index in [4.69, 9.17) is 16.6 Å². The Labute approximate surface area is 179 Å². The SMILES string of the molecule is Cc1ccc2nc(NC(=O)c3cc(-c4ccc(Cl)s4)nc4ccccc34)sc2c1. The molecule has 0 radical (unpaired) electrons. The summed E-state index contributed by atoms with van der Waals surface area (Å²) in [4.78, 5) is 23.3. The zero-order valence-electron chi connectivity index (χ0n) is 15.3. The number of hydrogen-bond acceptors (Lipinski definition) is 5. The van der Waals surface area contributed by atoms with E-state index in [2.05, 4.69) is 16.4 Å². The number of benzene rings is 2. The number of aromatic nitrogens is 2. The molecule has 0 bridgehead atoms. The maximum absolute atomic E-state index is 13.2. The molecule has 0 spiro atoms. The largest absolute Gasteiger partial charge is 0.298 e. The van der Waals surface area contributed by atoms with Crippen LogP contribution in [0.1, 0.15) is 15.9 Å². The van der Waals surface area contributed by atoms with Crippen molar-refractivity contribution < 1.29 is 4.79 Å². The molecule has 0 saturated carbocycles. The number of rotatable bonds is 3. The molecule has 5 aromatic rings. The number of hydrogen-bond donors (Lipinski definition) is 1. The number of para-hydroxylation sites is 1. The minimum Gasteiger partial charge on any atom is -0.298 e. The number of thiophene rings is 1. The Balaban J connectivity index is 1.57. The van der Waals surface area contributed by atoms with Gasteiger partial charge in [-0.25, -0.2) is 9.97 Å². The van der Waals surface area contributed by atoms with E-state index in [1.54, 1.807) is 0 Å². The maximum atomic E-state index is 13.2. The first-order valence-corrected chi connectivity index (χ1v) is 10.9. The van der Waals surface area contributed by atoms with Gasteiger partial charge in [0, 0.05) is 5.39 Å². The Morgan fingerprint density at radius 2 is 1.83 bits per heavy atom. The molecule has 0 unspecified atom stereocenters. The van der Waals surface area contributed by atoms with E-state index in [-0.39, 0.29) is 5.91 Å². The van der Waals surface area contributed by atoms with Crippen LogP contribution in [0, 0.1) is 6.92 Å². The first-order valence-electron chi connectivity index (χ1n) is 8.91. The molecule has 29 heavy (non-hydrogen) atoms. The number of halogens is 1. The molecular weight excluding hydrogens is 422 g/mol. The van der Waals surface area contributed by atoms with Crippen LogP contribution in [-0.2, 0) is 0 Å². The first-order chi connectivity index (χ1) is 14.1. The van der Waals surface area contributed by atoms with E-state index >= 15 is 0 Å². The van der Waals surface area contributed by atoms with Crippen LogP contribution >= 0.6 is 34.3 Å². The third-order valence-corrected chi connectivity index (χ3v) is 6.74. The third-order valence-electron chi connectivity index (χ3n) is 4.55. The van der Waals surface area contributed by atoms with Crippen LogP contribution < -0.4 is 5.32 Å². The van der Waals surface area contributed by atoms with Gasteiger partial charge in [-0.15, -0.1) is 11.3 Å². The minimum absolute atomic E-state index is 0.205. The van der Waals surface area contributed by atoms with Crippen molar-refractivity contribution in [1.29, 1.82) is 0 Å². The smallest absolute Gasteiger partial charge is 0.258 e. The van der Waals surface area contributed by atoms with Gasteiger partial charge in [0.25, 0.3) is 5.91 Å². The lowest BCUT2D eigenvalue weighted by Gasteiger charge is -2.08. The normalized spacial score (nSPS) is 11.2. The van der Waals surface area contributed by atoms with Gasteiger partial charge in [-0.1, -0.05) is 47.2 Å². The fourth-order valence-corrected chi connectivity index (χ4v) is 5.15. The summed E-state index contributed by atoms with van der Waals surface area (Å²) >= 11 is 9.00. The predicted octanol–water partition coefficient (Wildman–Crippen LogP) is 6.79. The molecule has 0 aliphatic rings. The Morgan fingerprint density at radius 1 is 0.966 bits per heavy atom. The van der Waals surface area contributed by atoms with Crippen molar-refractivity contribution in [2.24, 2.45) is 0 Å². The quantitative estimate of drug-likeness (QED) is 0.339. The molecule has 0 saturated heterocycles. The van der Waals surface area contributed by atoms with Crippen molar-refractivity contribution in [1.82, 2.24) is 9.97 Å². The molecule has 3 aromatic heterocycles. The molecule has 0 aliphatic carbocycles. The second-order valence-electron chi connectivity index (χ2n) is 6.62. The highest BCUT2D eigenvalue weighted by atomic mass is 35.5. The third kappa shape index (κ3) is 3.51. The zero-order valence-corrected chi connectivity index (χ0v) is 17.7. The van der Waals surface area contributed by atoms with Gasteiger partial charge in [-0.3, -0.25) is 10.1 Å². The van der Waals surface area contributed by atoms with Crippen molar-refractivity contribution in [2.45, 2.75) is 6.92 Å². The molecule has 0 atom stereocenters. The van der Waals surface area contributed by atoms with Crippen LogP contribution in [0.2, 0.25) is 4.34 Å². The van der Waals surface area contributed by atoms with Gasteiger partial charge in [0.15, 0.2) is 5.13 Å². The van der Waals surface area contributed by atoms with Gasteiger partial charge in [0.2, 0.25) is 0 Å². The second-order valence-corrected chi connectivity index (χ2v) is 9.37. The molecule has 3 heterocycles. The Morgan fingerprint density at radius 3 is 2.66 bits per heavy atom. The molecule has 5 rings (SSSR count). The molecule has 7 heteroatoms. The van der Waals surface area contributed by atoms with E-state index in [1.807, 2.05) is 61.5 Å². The summed E-state index contributed by atoms with van der Waals surface area (Å²) in [7, 11) is 0. The van der Waals surface area contributed by atoms with Crippen LogP contribution in [0.4, 0.5) is 5.13 Å². The van der Waals surface area contributed by atoms with Gasteiger partial charge >= 0.3 is 0 Å². The van der Waals surface area contributed by atoms with Crippen LogP contribution in [-0.4, -0.2) is 15.9 Å². The lowest BCUT2D eigenvalue weighted by Crippen LogP contribution is -2.12. The zero-order chi connectivity index (χ0) is 20.0. The van der Waals surface area contributed by atoms with Crippen molar-refractivity contribution in [3.05, 3.63) is 76.1 Å². The van der Waals surface area contributed by atoms with Gasteiger partial charge in [-0.2, -0.15) is 0 Å². The van der Waals surface area contributed by atoms with E-state index in [9.17, 15) is 4.79 Å². The van der Waals surface area contributed by atoms with Crippen molar-refractivity contribution in [3.8, 4) is 10.6 Å². The molecule has 0 aliphatic heterocycles. The fraction of sp³-hybridized carbons (Fsp3) is 0.0455. The molecular formula is C22H14ClN3OS2. The number of aryl methyl sites for hydroxylation is 1. The second kappa shape index (κ2) is 7.22. The number of nitrogens with one attached hydrogen (secondary N) is 1. The lowest BCUT2D eigenvalue weighted by molar-refractivity contribution is 0.102. The number of amides is 1. The van der Waals surface area contributed by atoms with Crippen molar-refractivity contribution in [2.75, 3.05) is 5.32 Å². The summed E-state index contributed by atoms with van der Waals surface area (Å²) in [6, 6.07) is 19.3. The van der Waals surface area contributed by atoms with Crippen molar-refractivity contribution in [3.63, 3.8) is 0 Å². The number of fused-ring (bicyclic) bond motifs is 2. The standard InChI is InChI=1S/C22H14ClN3OS2/c1-12-6-7-16-19(10-12)29-22(25-16)26-21(27)14-11-17(18-8-9-20(23)28-18)24-15-5-3-2-4-13(14)15/h2-11H,1H3,(H,25,26,27). The molecule has 1 amide bonds. The average molecular weight is 436 g/mol. The first kappa shape index (κ1) is 18.2. The van der Waals surface area contributed by atoms with Gasteiger partial charge in [-0.05, 0) is 48.9 Å². The van der Waals surface area contributed by atoms with Crippen LogP contribution in [0.5, 0.6) is 0 Å². The summed E-state index contributed by atoms with van der Waals surface area (Å²) in [6.07, 6.45) is 0. The molecule has 4 nitrogen and oxygen atoms in total. The average Bonchev–Trinajstić information content (AvgIpc) is 3.32. The van der Waals surface area contributed by atoms with E-state index in [1.165, 1.54) is 28.2 Å². The lowest BCUT2D eigenvalue weighted by atomic mass is 10.1. The van der Waals surface area contributed by atoms with E-state index < -0.39 is 0 Å². The number of carbonyl (C=O) groups excluding carboxylic acids is 1. The molecule has 142 valence electrons. The Bertz CT molecular complexity index is 1390. The van der Waals surface area contributed by atoms with Gasteiger partial charge in [0.05, 0.1) is 36.2 Å². The summed E-state index contributed by atoms with van der Waals surface area (Å²) in [5.41, 5.74) is 4.10. The van der Waals surface area contributed by atoms with Crippen LogP contribution in [0.3, 0.4) is 0 Å². The molecule has 0 fully saturated rings. The number of nitrogens with zero attached hydrogens (tertiary/aromatic N) is 2. The number of anilines is 1. The highest BCUT2D eigenvalue weighted by Gasteiger charge is 2.16.